The van der Waals surface area contributed by atoms with E-state index in [9.17, 15) is 0 Å². The molecule has 100 valence electrons. The molecule has 0 unspecified atom stereocenters. The first kappa shape index (κ1) is 12.7. The van der Waals surface area contributed by atoms with Gasteiger partial charge in [0.25, 0.3) is 0 Å². The largest absolute Gasteiger partial charge is 0.372 e. The van der Waals surface area contributed by atoms with Gasteiger partial charge in [-0.05, 0) is 43.5 Å². The van der Waals surface area contributed by atoms with E-state index in [1.54, 1.807) is 0 Å². The second-order valence-corrected chi connectivity index (χ2v) is 5.51. The molecule has 1 saturated heterocycles. The maximum atomic E-state index is 5.91. The number of piperidine rings is 1. The van der Waals surface area contributed by atoms with Crippen molar-refractivity contribution in [2.24, 2.45) is 0 Å². The van der Waals surface area contributed by atoms with Gasteiger partial charge in [-0.3, -0.25) is 0 Å². The molecule has 0 spiro atoms. The van der Waals surface area contributed by atoms with E-state index < -0.39 is 0 Å². The van der Waals surface area contributed by atoms with Crippen LogP contribution >= 0.6 is 23.3 Å². The van der Waals surface area contributed by atoms with E-state index in [0.29, 0.717) is 11.0 Å². The van der Waals surface area contributed by atoms with Gasteiger partial charge in [0.1, 0.15) is 0 Å². The fourth-order valence-corrected chi connectivity index (χ4v) is 2.94. The summed E-state index contributed by atoms with van der Waals surface area (Å²) in [5.41, 5.74) is 2.27. The van der Waals surface area contributed by atoms with E-state index in [0.717, 1.165) is 30.5 Å². The van der Waals surface area contributed by atoms with E-state index >= 15 is 0 Å². The van der Waals surface area contributed by atoms with E-state index in [1.807, 2.05) is 0 Å². The third-order valence-electron chi connectivity index (χ3n) is 3.30. The Morgan fingerprint density at radius 1 is 1.05 bits per heavy atom. The first-order valence-corrected chi connectivity index (χ1v) is 7.54. The molecule has 2 heterocycles. The van der Waals surface area contributed by atoms with Gasteiger partial charge < -0.3 is 10.2 Å². The van der Waals surface area contributed by atoms with Crippen LogP contribution in [0.25, 0.3) is 0 Å². The van der Waals surface area contributed by atoms with Crippen molar-refractivity contribution in [3.63, 3.8) is 0 Å². The van der Waals surface area contributed by atoms with Gasteiger partial charge >= 0.3 is 0 Å². The van der Waals surface area contributed by atoms with Crippen LogP contribution < -0.4 is 10.2 Å². The lowest BCUT2D eigenvalue weighted by atomic mass is 10.1. The molecule has 3 rings (SSSR count). The van der Waals surface area contributed by atoms with Gasteiger partial charge in [-0.2, -0.15) is 8.75 Å². The summed E-state index contributed by atoms with van der Waals surface area (Å²) in [4.78, 5) is 2.44. The van der Waals surface area contributed by atoms with E-state index in [2.05, 4.69) is 43.2 Å². The monoisotopic (exact) mass is 294 g/mol. The van der Waals surface area contributed by atoms with Crippen molar-refractivity contribution < 1.29 is 0 Å². The topological polar surface area (TPSA) is 41.1 Å². The number of anilines is 3. The van der Waals surface area contributed by atoms with Crippen LogP contribution in [0.15, 0.2) is 24.3 Å². The zero-order valence-electron chi connectivity index (χ0n) is 10.5. The second-order valence-electron chi connectivity index (χ2n) is 4.62. The summed E-state index contributed by atoms with van der Waals surface area (Å²) >= 11 is 7.02. The Kier molecular flexibility index (Phi) is 3.84. The Morgan fingerprint density at radius 2 is 1.79 bits per heavy atom. The van der Waals surface area contributed by atoms with Crippen molar-refractivity contribution in [3.05, 3.63) is 29.4 Å². The molecule has 0 aliphatic carbocycles. The van der Waals surface area contributed by atoms with Crippen LogP contribution in [0, 0.1) is 0 Å². The van der Waals surface area contributed by atoms with Crippen LogP contribution in [-0.4, -0.2) is 21.8 Å². The molecule has 1 aliphatic heterocycles. The summed E-state index contributed by atoms with van der Waals surface area (Å²) in [6.07, 6.45) is 3.94. The Bertz CT molecular complexity index is 534. The summed E-state index contributed by atoms with van der Waals surface area (Å²) < 4.78 is 8.03. The number of nitrogens with zero attached hydrogens (tertiary/aromatic N) is 3. The summed E-state index contributed by atoms with van der Waals surface area (Å²) in [7, 11) is 0. The maximum absolute atomic E-state index is 5.91. The van der Waals surface area contributed by atoms with Crippen molar-refractivity contribution in [2.45, 2.75) is 19.3 Å². The van der Waals surface area contributed by atoms with Gasteiger partial charge in [-0.15, -0.1) is 0 Å². The molecule has 1 N–H and O–H groups in total. The van der Waals surface area contributed by atoms with Gasteiger partial charge in [0.15, 0.2) is 11.0 Å². The van der Waals surface area contributed by atoms with Gasteiger partial charge in [0.05, 0.1) is 11.7 Å². The first-order valence-electron chi connectivity index (χ1n) is 6.43. The molecule has 1 aromatic carbocycles. The predicted octanol–water partition coefficient (Wildman–Crippen LogP) is 3.93. The Balaban J connectivity index is 1.70. The average Bonchev–Trinajstić information content (AvgIpc) is 2.86. The van der Waals surface area contributed by atoms with E-state index in [1.165, 1.54) is 24.9 Å². The van der Waals surface area contributed by atoms with Crippen LogP contribution in [0.1, 0.15) is 19.3 Å². The molecule has 2 aromatic rings. The molecule has 0 bridgehead atoms. The smallest absolute Gasteiger partial charge is 0.187 e. The Labute approximate surface area is 121 Å². The zero-order valence-corrected chi connectivity index (χ0v) is 12.0. The number of nitrogens with one attached hydrogen (secondary N) is 1. The molecule has 4 nitrogen and oxygen atoms in total. The van der Waals surface area contributed by atoms with Crippen LogP contribution in [0.3, 0.4) is 0 Å². The van der Waals surface area contributed by atoms with Crippen molar-refractivity contribution in [2.75, 3.05) is 23.3 Å². The molecular weight excluding hydrogens is 280 g/mol. The summed E-state index contributed by atoms with van der Waals surface area (Å²) in [5, 5.41) is 3.59. The Hall–Kier alpha value is -1.33. The summed E-state index contributed by atoms with van der Waals surface area (Å²) in [6, 6.07) is 8.39. The molecule has 0 radical (unpaired) electrons. The van der Waals surface area contributed by atoms with Crippen molar-refractivity contribution >= 4 is 40.5 Å². The highest BCUT2D eigenvalue weighted by atomic mass is 35.5. The first-order chi connectivity index (χ1) is 9.33. The number of rotatable bonds is 3. The molecular formula is C13H15ClN4S. The number of hydrogen-bond acceptors (Lipinski definition) is 5. The second kappa shape index (κ2) is 5.75. The normalized spacial score (nSPS) is 15.5. The van der Waals surface area contributed by atoms with Gasteiger partial charge in [0, 0.05) is 24.5 Å². The minimum absolute atomic E-state index is 0.421. The maximum Gasteiger partial charge on any atom is 0.187 e. The molecule has 0 amide bonds. The highest BCUT2D eigenvalue weighted by Crippen LogP contribution is 2.25. The summed E-state index contributed by atoms with van der Waals surface area (Å²) in [5.74, 6) is 0.623. The van der Waals surface area contributed by atoms with Crippen molar-refractivity contribution in [3.8, 4) is 0 Å². The lowest BCUT2D eigenvalue weighted by molar-refractivity contribution is 0.578. The summed E-state index contributed by atoms with van der Waals surface area (Å²) in [6.45, 7) is 2.32. The van der Waals surface area contributed by atoms with E-state index in [4.69, 9.17) is 11.6 Å². The van der Waals surface area contributed by atoms with Crippen LogP contribution in [0.4, 0.5) is 17.2 Å². The number of hydrogen-bond donors (Lipinski definition) is 1. The average molecular weight is 295 g/mol. The van der Waals surface area contributed by atoms with Gasteiger partial charge in [-0.25, -0.2) is 0 Å². The molecule has 1 aromatic heterocycles. The minimum atomic E-state index is 0.421. The third-order valence-corrected chi connectivity index (χ3v) is 4.19. The molecule has 19 heavy (non-hydrogen) atoms. The number of halogens is 1. The SMILES string of the molecule is Clc1nsnc1Nc1ccc(N2CCCCC2)cc1. The highest BCUT2D eigenvalue weighted by Gasteiger charge is 2.11. The third kappa shape index (κ3) is 2.98. The lowest BCUT2D eigenvalue weighted by Crippen LogP contribution is -2.29. The fraction of sp³-hybridized carbons (Fsp3) is 0.385. The molecule has 1 aliphatic rings. The molecule has 0 saturated carbocycles. The quantitative estimate of drug-likeness (QED) is 0.931. The van der Waals surface area contributed by atoms with Crippen LogP contribution in [0.2, 0.25) is 5.15 Å². The molecule has 1 fully saturated rings. The van der Waals surface area contributed by atoms with Crippen molar-refractivity contribution in [1.29, 1.82) is 0 Å². The lowest BCUT2D eigenvalue weighted by Gasteiger charge is -2.28. The molecule has 6 heteroatoms. The molecule has 0 atom stereocenters. The van der Waals surface area contributed by atoms with Gasteiger partial charge in [0.2, 0.25) is 0 Å². The van der Waals surface area contributed by atoms with Crippen LogP contribution in [0.5, 0.6) is 0 Å². The standard InChI is InChI=1S/C13H15ClN4S/c14-12-13(17-19-16-12)15-10-4-6-11(7-5-10)18-8-2-1-3-9-18/h4-7H,1-3,8-9H2,(H,15,17). The highest BCUT2D eigenvalue weighted by molar-refractivity contribution is 6.99. The van der Waals surface area contributed by atoms with Crippen molar-refractivity contribution in [1.82, 2.24) is 8.75 Å². The zero-order chi connectivity index (χ0) is 13.1. The van der Waals surface area contributed by atoms with Gasteiger partial charge in [-0.1, -0.05) is 11.6 Å². The number of benzene rings is 1. The number of aromatic nitrogens is 2. The minimum Gasteiger partial charge on any atom is -0.372 e. The van der Waals surface area contributed by atoms with Crippen LogP contribution in [-0.2, 0) is 0 Å². The predicted molar refractivity (Wildman–Crippen MR) is 80.7 cm³/mol. The Morgan fingerprint density at radius 3 is 2.42 bits per heavy atom. The fourth-order valence-electron chi connectivity index (χ4n) is 2.30. The van der Waals surface area contributed by atoms with E-state index in [-0.39, 0.29) is 0 Å².